The first kappa shape index (κ1) is 9.83. The lowest BCUT2D eigenvalue weighted by Crippen LogP contribution is -2.21. The number of hydrogen-bond donors (Lipinski definition) is 0. The third-order valence-electron chi connectivity index (χ3n) is 1.90. The van der Waals surface area contributed by atoms with Crippen molar-refractivity contribution in [1.29, 1.82) is 0 Å². The van der Waals surface area contributed by atoms with E-state index < -0.39 is 0 Å². The molecule has 0 aliphatic rings. The first-order valence-electron chi connectivity index (χ1n) is 4.06. The van der Waals surface area contributed by atoms with Crippen molar-refractivity contribution in [3.63, 3.8) is 0 Å². The maximum absolute atomic E-state index is 10.6. The Kier molecular flexibility index (Phi) is 3.12. The molecule has 2 radical (unpaired) electrons. The van der Waals surface area contributed by atoms with E-state index >= 15 is 0 Å². The highest BCUT2D eigenvalue weighted by molar-refractivity contribution is 6.55. The summed E-state index contributed by atoms with van der Waals surface area (Å²) in [6, 6.07) is 5.20. The lowest BCUT2D eigenvalue weighted by molar-refractivity contribution is -0.383. The number of nitro benzene ring substituents is 1. The minimum atomic E-state index is -0.359. The van der Waals surface area contributed by atoms with Gasteiger partial charge in [-0.05, 0) is 5.46 Å². The van der Waals surface area contributed by atoms with Crippen molar-refractivity contribution in [3.8, 4) is 0 Å². The molecule has 0 unspecified atom stereocenters. The fraction of sp³-hybridized carbons (Fsp3) is 0.250. The maximum Gasteiger partial charge on any atom is 0.262 e. The first-order chi connectivity index (χ1) is 6.19. The third kappa shape index (κ3) is 2.11. The van der Waals surface area contributed by atoms with Crippen LogP contribution in [0.15, 0.2) is 18.2 Å². The van der Waals surface area contributed by atoms with E-state index in [1.54, 1.807) is 26.2 Å². The molecule has 0 N–H and O–H groups in total. The van der Waals surface area contributed by atoms with Crippen LogP contribution in [-0.2, 0) is 0 Å². The molecule has 0 aromatic heterocycles. The quantitative estimate of drug-likeness (QED) is 0.375. The van der Waals surface area contributed by atoms with E-state index in [1.807, 2.05) is 20.2 Å². The summed E-state index contributed by atoms with van der Waals surface area (Å²) in [6.45, 7) is 3.64. The Balaban J connectivity index is 3.18. The monoisotopic (exact) mass is 173 g/mol. The van der Waals surface area contributed by atoms with Crippen LogP contribution in [0.4, 0.5) is 5.69 Å². The van der Waals surface area contributed by atoms with Crippen LogP contribution in [0.5, 0.6) is 0 Å². The summed E-state index contributed by atoms with van der Waals surface area (Å²) in [4.78, 5) is 10.3. The summed E-state index contributed by atoms with van der Waals surface area (Å²) >= 11 is 0. The Morgan fingerprint density at radius 2 is 2.00 bits per heavy atom. The lowest BCUT2D eigenvalue weighted by Gasteiger charge is -2.01. The second-order valence-corrected chi connectivity index (χ2v) is 2.65. The summed E-state index contributed by atoms with van der Waals surface area (Å²) in [5.74, 6) is 0. The molecule has 1 rings (SSSR count). The van der Waals surface area contributed by atoms with Crippen molar-refractivity contribution in [3.05, 3.63) is 28.3 Å². The molecule has 0 aliphatic carbocycles. The highest BCUT2D eigenvalue weighted by Crippen LogP contribution is 2.03. The maximum atomic E-state index is 10.6. The summed E-state index contributed by atoms with van der Waals surface area (Å²) in [7, 11) is 3.57. The molecule has 0 saturated heterocycles. The molecule has 0 spiro atoms. The van der Waals surface area contributed by atoms with Crippen molar-refractivity contribution >= 4 is 31.2 Å². The molecule has 0 fully saturated rings. The van der Waals surface area contributed by atoms with Crippen molar-refractivity contribution in [2.45, 2.75) is 13.6 Å². The van der Waals surface area contributed by atoms with Crippen LogP contribution >= 0.6 is 0 Å². The topological polar surface area (TPSA) is 43.1 Å². The highest BCUT2D eigenvalue weighted by atomic mass is 16.6. The van der Waals surface area contributed by atoms with Crippen molar-refractivity contribution in [1.82, 2.24) is 0 Å². The van der Waals surface area contributed by atoms with Crippen LogP contribution in [0.1, 0.15) is 0 Å². The second kappa shape index (κ2) is 4.12. The van der Waals surface area contributed by atoms with E-state index in [0.717, 1.165) is 5.46 Å². The van der Waals surface area contributed by atoms with E-state index in [-0.39, 0.29) is 10.6 Å². The van der Waals surface area contributed by atoms with Crippen LogP contribution in [0, 0.1) is 10.1 Å². The molecule has 13 heavy (non-hydrogen) atoms. The number of hydrogen-bond acceptors (Lipinski definition) is 2. The van der Waals surface area contributed by atoms with E-state index in [0.29, 0.717) is 5.46 Å². The Hall–Kier alpha value is -1.25. The Labute approximate surface area is 78.8 Å². The van der Waals surface area contributed by atoms with Gasteiger partial charge in [-0.2, -0.15) is 0 Å². The van der Waals surface area contributed by atoms with Crippen molar-refractivity contribution in [2.24, 2.45) is 0 Å². The predicted octanol–water partition coefficient (Wildman–Crippen LogP) is 0.350. The average Bonchev–Trinajstić information content (AvgIpc) is 2.16. The van der Waals surface area contributed by atoms with Crippen LogP contribution in [-0.4, -0.2) is 19.5 Å². The molecule has 0 amide bonds. The number of rotatable bonds is 3. The molecule has 1 aromatic rings. The number of nitro groups is 1. The zero-order valence-corrected chi connectivity index (χ0v) is 7.65. The van der Waals surface area contributed by atoms with Crippen LogP contribution in [0.25, 0.3) is 0 Å². The third-order valence-corrected chi connectivity index (χ3v) is 1.90. The Bertz CT molecular complexity index is 328. The van der Waals surface area contributed by atoms with Gasteiger partial charge in [-0.15, -0.1) is 0 Å². The average molecular weight is 173 g/mol. The van der Waals surface area contributed by atoms with Crippen molar-refractivity contribution in [2.75, 3.05) is 0 Å². The van der Waals surface area contributed by atoms with Gasteiger partial charge in [-0.3, -0.25) is 10.1 Å². The second-order valence-electron chi connectivity index (χ2n) is 2.65. The molecule has 1 aromatic carbocycles. The molecule has 0 aliphatic heterocycles. The van der Waals surface area contributed by atoms with Crippen molar-refractivity contribution < 1.29 is 4.92 Å². The normalized spacial score (nSPS) is 9.38. The van der Waals surface area contributed by atoms with E-state index in [1.165, 1.54) is 0 Å². The van der Waals surface area contributed by atoms with Crippen LogP contribution in [0.3, 0.4) is 0 Å². The van der Waals surface area contributed by atoms with E-state index in [2.05, 4.69) is 0 Å². The SMILES string of the molecule is C[B]c1ccc([B]C)c([N+](=O)[O-])c1. The molecule has 3 nitrogen and oxygen atoms in total. The molecule has 0 atom stereocenters. The van der Waals surface area contributed by atoms with Gasteiger partial charge in [0.05, 0.1) is 4.92 Å². The largest absolute Gasteiger partial charge is 0.262 e. The molecule has 0 bridgehead atoms. The van der Waals surface area contributed by atoms with Gasteiger partial charge < -0.3 is 0 Å². The van der Waals surface area contributed by atoms with Gasteiger partial charge in [0.15, 0.2) is 7.28 Å². The van der Waals surface area contributed by atoms with Gasteiger partial charge in [-0.25, -0.2) is 0 Å². The fourth-order valence-corrected chi connectivity index (χ4v) is 1.14. The Morgan fingerprint density at radius 1 is 1.31 bits per heavy atom. The first-order valence-corrected chi connectivity index (χ1v) is 4.06. The Morgan fingerprint density at radius 3 is 2.46 bits per heavy atom. The van der Waals surface area contributed by atoms with Gasteiger partial charge in [0.25, 0.3) is 5.69 Å². The van der Waals surface area contributed by atoms with Gasteiger partial charge in [0, 0.05) is 6.07 Å². The highest BCUT2D eigenvalue weighted by Gasteiger charge is 2.11. The summed E-state index contributed by atoms with van der Waals surface area (Å²) in [6.07, 6.45) is 0. The molecular formula is C8H9B2NO2. The summed E-state index contributed by atoms with van der Waals surface area (Å²) in [5.41, 5.74) is 1.70. The minimum Gasteiger partial charge on any atom is -0.258 e. The molecule has 0 heterocycles. The van der Waals surface area contributed by atoms with E-state index in [9.17, 15) is 10.1 Å². The standard InChI is InChI=1S/C8H9B2NO2/c1-9-6-3-4-7(10-2)8(5-6)11(12)13/h3-5H,1-2H3. The zero-order chi connectivity index (χ0) is 9.84. The van der Waals surface area contributed by atoms with Gasteiger partial charge >= 0.3 is 0 Å². The smallest absolute Gasteiger partial charge is 0.258 e. The zero-order valence-electron chi connectivity index (χ0n) is 7.65. The lowest BCUT2D eigenvalue weighted by atomic mass is 9.68. The van der Waals surface area contributed by atoms with Crippen LogP contribution < -0.4 is 10.9 Å². The summed E-state index contributed by atoms with van der Waals surface area (Å²) in [5, 5.41) is 10.6. The molecule has 64 valence electrons. The predicted molar refractivity (Wildman–Crippen MR) is 55.6 cm³/mol. The van der Waals surface area contributed by atoms with Gasteiger partial charge in [0.2, 0.25) is 0 Å². The summed E-state index contributed by atoms with van der Waals surface area (Å²) < 4.78 is 0. The number of benzene rings is 1. The number of nitrogens with zero attached hydrogens (tertiary/aromatic N) is 1. The van der Waals surface area contributed by atoms with E-state index in [4.69, 9.17) is 0 Å². The van der Waals surface area contributed by atoms with Gasteiger partial charge in [0.1, 0.15) is 7.28 Å². The molecular weight excluding hydrogens is 164 g/mol. The molecule has 0 saturated carbocycles. The van der Waals surface area contributed by atoms with Gasteiger partial charge in [-0.1, -0.05) is 31.2 Å². The minimum absolute atomic E-state index is 0.165. The molecule has 5 heteroatoms. The fourth-order valence-electron chi connectivity index (χ4n) is 1.14. The van der Waals surface area contributed by atoms with Crippen LogP contribution in [0.2, 0.25) is 13.6 Å².